The first-order valence-corrected chi connectivity index (χ1v) is 5.96. The average Bonchev–Trinajstić information content (AvgIpc) is 2.23. The molecule has 0 aromatic heterocycles. The van der Waals surface area contributed by atoms with Crippen molar-refractivity contribution in [3.05, 3.63) is 29.3 Å². The fourth-order valence-electron chi connectivity index (χ4n) is 1.61. The molecule has 0 aliphatic rings. The molecule has 2 heteroatoms. The van der Waals surface area contributed by atoms with E-state index in [2.05, 4.69) is 51.2 Å². The van der Waals surface area contributed by atoms with E-state index in [4.69, 9.17) is 0 Å². The van der Waals surface area contributed by atoms with Crippen LogP contribution in [0.25, 0.3) is 0 Å². The summed E-state index contributed by atoms with van der Waals surface area (Å²) < 4.78 is 0. The highest BCUT2D eigenvalue weighted by molar-refractivity contribution is 5.48. The largest absolute Gasteiger partial charge is 0.396 e. The summed E-state index contributed by atoms with van der Waals surface area (Å²) >= 11 is 0. The molecule has 1 aromatic rings. The maximum atomic E-state index is 9.23. The quantitative estimate of drug-likeness (QED) is 0.801. The summed E-state index contributed by atoms with van der Waals surface area (Å²) in [4.78, 5) is 0. The Kier molecular flexibility index (Phi) is 4.81. The molecule has 16 heavy (non-hydrogen) atoms. The Bertz CT molecular complexity index is 334. The molecule has 0 saturated carbocycles. The van der Waals surface area contributed by atoms with Crippen LogP contribution < -0.4 is 5.32 Å². The van der Waals surface area contributed by atoms with Gasteiger partial charge >= 0.3 is 0 Å². The van der Waals surface area contributed by atoms with E-state index in [1.54, 1.807) is 0 Å². The molecule has 0 aliphatic heterocycles. The lowest BCUT2D eigenvalue weighted by molar-refractivity contribution is 0.198. The summed E-state index contributed by atoms with van der Waals surface area (Å²) in [6, 6.07) is 6.38. The SMILES string of the molecule is Cc1ccc(NCC(CO)C(C)C)cc1C. The van der Waals surface area contributed by atoms with Crippen LogP contribution in [-0.2, 0) is 0 Å². The Morgan fingerprint density at radius 2 is 1.88 bits per heavy atom. The monoisotopic (exact) mass is 221 g/mol. The molecule has 0 radical (unpaired) electrons. The van der Waals surface area contributed by atoms with Crippen LogP contribution >= 0.6 is 0 Å². The van der Waals surface area contributed by atoms with Crippen molar-refractivity contribution in [3.63, 3.8) is 0 Å². The minimum atomic E-state index is 0.246. The van der Waals surface area contributed by atoms with Crippen LogP contribution in [0.5, 0.6) is 0 Å². The van der Waals surface area contributed by atoms with Crippen molar-refractivity contribution < 1.29 is 5.11 Å². The smallest absolute Gasteiger partial charge is 0.0478 e. The van der Waals surface area contributed by atoms with Crippen molar-refractivity contribution in [2.24, 2.45) is 11.8 Å². The first-order chi connectivity index (χ1) is 7.54. The fourth-order valence-corrected chi connectivity index (χ4v) is 1.61. The molecule has 1 atom stereocenters. The van der Waals surface area contributed by atoms with Gasteiger partial charge in [-0.1, -0.05) is 19.9 Å². The van der Waals surface area contributed by atoms with Gasteiger partial charge < -0.3 is 10.4 Å². The minimum absolute atomic E-state index is 0.246. The number of hydrogen-bond acceptors (Lipinski definition) is 2. The predicted octanol–water partition coefficient (Wildman–Crippen LogP) is 2.98. The summed E-state index contributed by atoms with van der Waals surface area (Å²) in [7, 11) is 0. The number of anilines is 1. The zero-order valence-corrected chi connectivity index (χ0v) is 10.7. The van der Waals surface area contributed by atoms with Gasteiger partial charge in [0.05, 0.1) is 0 Å². The Hall–Kier alpha value is -1.02. The van der Waals surface area contributed by atoms with E-state index in [1.165, 1.54) is 11.1 Å². The van der Waals surface area contributed by atoms with E-state index in [0.29, 0.717) is 11.8 Å². The van der Waals surface area contributed by atoms with Gasteiger partial charge in [0, 0.05) is 24.8 Å². The lowest BCUT2D eigenvalue weighted by Crippen LogP contribution is -2.22. The number of rotatable bonds is 5. The highest BCUT2D eigenvalue weighted by Crippen LogP contribution is 2.16. The third-order valence-electron chi connectivity index (χ3n) is 3.25. The topological polar surface area (TPSA) is 32.3 Å². The summed E-state index contributed by atoms with van der Waals surface area (Å²) in [6.07, 6.45) is 0. The van der Waals surface area contributed by atoms with E-state index in [0.717, 1.165) is 12.2 Å². The maximum Gasteiger partial charge on any atom is 0.0478 e. The van der Waals surface area contributed by atoms with Gasteiger partial charge in [0.25, 0.3) is 0 Å². The first-order valence-electron chi connectivity index (χ1n) is 5.96. The highest BCUT2D eigenvalue weighted by Gasteiger charge is 2.11. The van der Waals surface area contributed by atoms with Crippen molar-refractivity contribution in [2.75, 3.05) is 18.5 Å². The second-order valence-electron chi connectivity index (χ2n) is 4.87. The molecule has 2 N–H and O–H groups in total. The summed E-state index contributed by atoms with van der Waals surface area (Å²) in [5, 5.41) is 12.6. The normalized spacial score (nSPS) is 12.9. The van der Waals surface area contributed by atoms with E-state index >= 15 is 0 Å². The van der Waals surface area contributed by atoms with Crippen molar-refractivity contribution in [1.82, 2.24) is 0 Å². The molecule has 0 saturated heterocycles. The molecule has 0 amide bonds. The van der Waals surface area contributed by atoms with Crippen LogP contribution in [0.2, 0.25) is 0 Å². The number of aliphatic hydroxyl groups excluding tert-OH is 1. The summed E-state index contributed by atoms with van der Waals surface area (Å²) in [6.45, 7) is 9.59. The van der Waals surface area contributed by atoms with Gasteiger partial charge in [0.1, 0.15) is 0 Å². The van der Waals surface area contributed by atoms with Gasteiger partial charge in [0.15, 0.2) is 0 Å². The maximum absolute atomic E-state index is 9.23. The molecule has 2 nitrogen and oxygen atoms in total. The van der Waals surface area contributed by atoms with Crippen molar-refractivity contribution >= 4 is 5.69 Å². The zero-order valence-electron chi connectivity index (χ0n) is 10.7. The summed E-state index contributed by atoms with van der Waals surface area (Å²) in [5.74, 6) is 0.825. The first kappa shape index (κ1) is 13.0. The molecule has 0 bridgehead atoms. The van der Waals surface area contributed by atoms with Gasteiger partial charge in [0.2, 0.25) is 0 Å². The number of aryl methyl sites for hydroxylation is 2. The van der Waals surface area contributed by atoms with Gasteiger partial charge in [-0.2, -0.15) is 0 Å². The fraction of sp³-hybridized carbons (Fsp3) is 0.571. The second-order valence-corrected chi connectivity index (χ2v) is 4.87. The molecule has 1 rings (SSSR count). The van der Waals surface area contributed by atoms with Crippen LogP contribution in [-0.4, -0.2) is 18.3 Å². The Morgan fingerprint density at radius 1 is 1.19 bits per heavy atom. The standard InChI is InChI=1S/C14H23NO/c1-10(2)13(9-16)8-15-14-6-5-11(3)12(4)7-14/h5-7,10,13,15-16H,8-9H2,1-4H3. The molecule has 0 heterocycles. The number of aliphatic hydroxyl groups is 1. The van der Waals surface area contributed by atoms with Crippen LogP contribution in [0.3, 0.4) is 0 Å². The third-order valence-corrected chi connectivity index (χ3v) is 3.25. The Balaban J connectivity index is 2.57. The van der Waals surface area contributed by atoms with E-state index < -0.39 is 0 Å². The van der Waals surface area contributed by atoms with Crippen molar-refractivity contribution in [3.8, 4) is 0 Å². The van der Waals surface area contributed by atoms with Gasteiger partial charge in [-0.25, -0.2) is 0 Å². The molecule has 0 aliphatic carbocycles. The van der Waals surface area contributed by atoms with E-state index in [9.17, 15) is 5.11 Å². The minimum Gasteiger partial charge on any atom is -0.396 e. The van der Waals surface area contributed by atoms with Crippen LogP contribution in [0.15, 0.2) is 18.2 Å². The second kappa shape index (κ2) is 5.90. The lowest BCUT2D eigenvalue weighted by atomic mass is 9.97. The molecule has 1 unspecified atom stereocenters. The predicted molar refractivity (Wildman–Crippen MR) is 69.8 cm³/mol. The molecule has 1 aromatic carbocycles. The van der Waals surface area contributed by atoms with Crippen molar-refractivity contribution in [2.45, 2.75) is 27.7 Å². The number of nitrogens with one attached hydrogen (secondary N) is 1. The average molecular weight is 221 g/mol. The van der Waals surface area contributed by atoms with E-state index in [1.807, 2.05) is 0 Å². The van der Waals surface area contributed by atoms with Gasteiger partial charge in [-0.15, -0.1) is 0 Å². The van der Waals surface area contributed by atoms with Gasteiger partial charge in [-0.05, 0) is 43.0 Å². The summed E-state index contributed by atoms with van der Waals surface area (Å²) in [5.41, 5.74) is 3.76. The lowest BCUT2D eigenvalue weighted by Gasteiger charge is -2.19. The highest BCUT2D eigenvalue weighted by atomic mass is 16.3. The van der Waals surface area contributed by atoms with Crippen LogP contribution in [0.4, 0.5) is 5.69 Å². The molecular formula is C14H23NO. The number of benzene rings is 1. The zero-order chi connectivity index (χ0) is 12.1. The van der Waals surface area contributed by atoms with Crippen LogP contribution in [0.1, 0.15) is 25.0 Å². The number of hydrogen-bond donors (Lipinski definition) is 2. The van der Waals surface area contributed by atoms with Crippen molar-refractivity contribution in [1.29, 1.82) is 0 Å². The Labute approximate surface area is 98.7 Å². The van der Waals surface area contributed by atoms with Gasteiger partial charge in [-0.3, -0.25) is 0 Å². The molecule has 0 fully saturated rings. The molecule has 0 spiro atoms. The Morgan fingerprint density at radius 3 is 2.38 bits per heavy atom. The third kappa shape index (κ3) is 3.53. The van der Waals surface area contributed by atoms with E-state index in [-0.39, 0.29) is 6.61 Å². The molecule has 90 valence electrons. The molecular weight excluding hydrogens is 198 g/mol. The van der Waals surface area contributed by atoms with Crippen LogP contribution in [0, 0.1) is 25.7 Å².